The van der Waals surface area contributed by atoms with Crippen LogP contribution >= 0.6 is 27.3 Å². The molecule has 0 aliphatic carbocycles. The largest absolute Gasteiger partial charge is 0.388 e. The quantitative estimate of drug-likeness (QED) is 0.450. The molecule has 0 spiro atoms. The number of rotatable bonds is 2. The van der Waals surface area contributed by atoms with E-state index in [0.29, 0.717) is 0 Å². The zero-order valence-electron chi connectivity index (χ0n) is 5.82. The van der Waals surface area contributed by atoms with E-state index in [2.05, 4.69) is 25.7 Å². The van der Waals surface area contributed by atoms with E-state index in [1.165, 1.54) is 22.2 Å². The third-order valence-corrected chi connectivity index (χ3v) is 2.00. The first-order valence-electron chi connectivity index (χ1n) is 2.93. The van der Waals surface area contributed by atoms with Gasteiger partial charge < -0.3 is 4.74 Å². The van der Waals surface area contributed by atoms with Gasteiger partial charge >= 0.3 is 11.9 Å². The minimum Gasteiger partial charge on any atom is -0.388 e. The molecule has 1 heterocycles. The number of hydrogen-bond acceptors (Lipinski definition) is 5. The molecule has 4 nitrogen and oxygen atoms in total. The molecule has 0 bridgehead atoms. The number of thiazole rings is 1. The molecule has 0 aliphatic rings. The Bertz CT molecular complexity index is 285. The van der Waals surface area contributed by atoms with Crippen LogP contribution in [0.4, 0.5) is 0 Å². The summed E-state index contributed by atoms with van der Waals surface area (Å²) in [5, 5.41) is 1.52. The second kappa shape index (κ2) is 4.32. The lowest BCUT2D eigenvalue weighted by atomic mass is 10.5. The summed E-state index contributed by atoms with van der Waals surface area (Å²) in [6, 6.07) is 0. The summed E-state index contributed by atoms with van der Waals surface area (Å²) in [5.41, 5.74) is 1.66. The normalized spacial score (nSPS) is 9.42. The zero-order valence-corrected chi connectivity index (χ0v) is 8.22. The Morgan fingerprint density at radius 2 is 2.42 bits per heavy atom. The topological polar surface area (TPSA) is 56.3 Å². The maximum atomic E-state index is 11.0. The maximum Gasteiger partial charge on any atom is 0.365 e. The summed E-state index contributed by atoms with van der Waals surface area (Å²) in [5.74, 6) is -1.33. The van der Waals surface area contributed by atoms with Gasteiger partial charge in [0.15, 0.2) is 5.69 Å². The second-order valence-corrected chi connectivity index (χ2v) is 3.05. The van der Waals surface area contributed by atoms with Crippen LogP contribution in [0, 0.1) is 0 Å². The van der Waals surface area contributed by atoms with Crippen LogP contribution in [-0.2, 0) is 9.53 Å². The third-order valence-electron chi connectivity index (χ3n) is 0.957. The van der Waals surface area contributed by atoms with E-state index in [4.69, 9.17) is 0 Å². The van der Waals surface area contributed by atoms with Crippen molar-refractivity contribution in [1.82, 2.24) is 4.98 Å². The predicted octanol–water partition coefficient (Wildman–Crippen LogP) is 1.22. The molecule has 12 heavy (non-hydrogen) atoms. The van der Waals surface area contributed by atoms with Crippen molar-refractivity contribution < 1.29 is 14.3 Å². The molecule has 1 aromatic rings. The average Bonchev–Trinajstić information content (AvgIpc) is 2.56. The van der Waals surface area contributed by atoms with Gasteiger partial charge in [0, 0.05) is 5.38 Å². The molecule has 0 saturated carbocycles. The van der Waals surface area contributed by atoms with Crippen LogP contribution in [0.1, 0.15) is 10.5 Å². The van der Waals surface area contributed by atoms with Crippen molar-refractivity contribution in [3.05, 3.63) is 16.6 Å². The monoisotopic (exact) mass is 249 g/mol. The molecule has 0 unspecified atom stereocenters. The van der Waals surface area contributed by atoms with Gasteiger partial charge in [0.05, 0.1) is 5.51 Å². The van der Waals surface area contributed by atoms with E-state index in [-0.39, 0.29) is 11.0 Å². The predicted molar refractivity (Wildman–Crippen MR) is 46.3 cm³/mol. The van der Waals surface area contributed by atoms with Crippen LogP contribution in [-0.4, -0.2) is 22.3 Å². The van der Waals surface area contributed by atoms with Gasteiger partial charge in [-0.15, -0.1) is 11.3 Å². The van der Waals surface area contributed by atoms with E-state index in [1.54, 1.807) is 0 Å². The van der Waals surface area contributed by atoms with Crippen LogP contribution in [0.3, 0.4) is 0 Å². The summed E-state index contributed by atoms with van der Waals surface area (Å²) < 4.78 is 4.36. The summed E-state index contributed by atoms with van der Waals surface area (Å²) >= 11 is 4.13. The Balaban J connectivity index is 2.56. The van der Waals surface area contributed by atoms with E-state index in [9.17, 15) is 9.59 Å². The van der Waals surface area contributed by atoms with Gasteiger partial charge in [-0.05, 0) is 0 Å². The van der Waals surface area contributed by atoms with E-state index >= 15 is 0 Å². The molecule has 0 aliphatic heterocycles. The lowest BCUT2D eigenvalue weighted by Crippen LogP contribution is -2.13. The summed E-state index contributed by atoms with van der Waals surface area (Å²) in [6.45, 7) is 0. The van der Waals surface area contributed by atoms with Gasteiger partial charge in [-0.25, -0.2) is 9.78 Å². The van der Waals surface area contributed by atoms with Gasteiger partial charge in [-0.1, -0.05) is 15.9 Å². The van der Waals surface area contributed by atoms with Crippen LogP contribution in [0.15, 0.2) is 10.9 Å². The van der Waals surface area contributed by atoms with Gasteiger partial charge in [0.1, 0.15) is 5.33 Å². The first-order valence-corrected chi connectivity index (χ1v) is 4.99. The van der Waals surface area contributed by atoms with E-state index in [0.717, 1.165) is 0 Å². The molecule has 0 aromatic carbocycles. The molecular formula is C6H4BrNO3S. The highest BCUT2D eigenvalue weighted by molar-refractivity contribution is 9.09. The fourth-order valence-electron chi connectivity index (χ4n) is 0.496. The molecular weight excluding hydrogens is 246 g/mol. The number of carbonyl (C=O) groups excluding carboxylic acids is 2. The molecule has 0 saturated heterocycles. The maximum absolute atomic E-state index is 11.0. The fourth-order valence-corrected chi connectivity index (χ4v) is 1.13. The Morgan fingerprint density at radius 3 is 2.92 bits per heavy atom. The number of alkyl halides is 1. The Morgan fingerprint density at radius 1 is 1.67 bits per heavy atom. The highest BCUT2D eigenvalue weighted by atomic mass is 79.9. The molecule has 1 aromatic heterocycles. The molecule has 0 radical (unpaired) electrons. The summed E-state index contributed by atoms with van der Waals surface area (Å²) in [7, 11) is 0. The Labute approximate surface area is 80.7 Å². The fraction of sp³-hybridized carbons (Fsp3) is 0.167. The summed E-state index contributed by atoms with van der Waals surface area (Å²) in [4.78, 5) is 25.2. The van der Waals surface area contributed by atoms with Crippen molar-refractivity contribution in [2.45, 2.75) is 0 Å². The van der Waals surface area contributed by atoms with Crippen LogP contribution in [0.5, 0.6) is 0 Å². The highest BCUT2D eigenvalue weighted by Gasteiger charge is 2.12. The smallest absolute Gasteiger partial charge is 0.365 e. The number of esters is 2. The third kappa shape index (κ3) is 2.38. The molecule has 0 atom stereocenters. The number of halogens is 1. The molecule has 64 valence electrons. The van der Waals surface area contributed by atoms with Crippen LogP contribution < -0.4 is 0 Å². The lowest BCUT2D eigenvalue weighted by molar-refractivity contribution is -0.134. The summed E-state index contributed by atoms with van der Waals surface area (Å²) in [6.07, 6.45) is 0. The Hall–Kier alpha value is -0.750. The van der Waals surface area contributed by atoms with Crippen molar-refractivity contribution in [2.75, 3.05) is 5.33 Å². The minimum absolute atomic E-state index is 0.00285. The van der Waals surface area contributed by atoms with E-state index < -0.39 is 11.9 Å². The molecule has 6 heteroatoms. The van der Waals surface area contributed by atoms with Crippen LogP contribution in [0.25, 0.3) is 0 Å². The molecule has 0 N–H and O–H groups in total. The van der Waals surface area contributed by atoms with Crippen molar-refractivity contribution in [2.24, 2.45) is 0 Å². The Kier molecular flexibility index (Phi) is 3.36. The van der Waals surface area contributed by atoms with Gasteiger partial charge in [0.2, 0.25) is 0 Å². The zero-order chi connectivity index (χ0) is 8.97. The number of aromatic nitrogens is 1. The molecule has 0 amide bonds. The first kappa shape index (κ1) is 9.34. The molecule has 0 fully saturated rings. The van der Waals surface area contributed by atoms with Gasteiger partial charge in [-0.3, -0.25) is 4.79 Å². The van der Waals surface area contributed by atoms with E-state index in [1.807, 2.05) is 0 Å². The van der Waals surface area contributed by atoms with Crippen molar-refractivity contribution in [3.63, 3.8) is 0 Å². The highest BCUT2D eigenvalue weighted by Crippen LogP contribution is 2.03. The second-order valence-electron chi connectivity index (χ2n) is 1.77. The number of hydrogen-bond donors (Lipinski definition) is 0. The van der Waals surface area contributed by atoms with Gasteiger partial charge in [-0.2, -0.15) is 0 Å². The lowest BCUT2D eigenvalue weighted by Gasteiger charge is -1.95. The standard InChI is InChI=1S/C6H4BrNO3S/c7-1-5(9)11-6(10)4-2-12-3-8-4/h2-3H,1H2. The average molecular weight is 250 g/mol. The molecule has 1 rings (SSSR count). The minimum atomic E-state index is -0.708. The number of ether oxygens (including phenoxy) is 1. The van der Waals surface area contributed by atoms with Gasteiger partial charge in [0.25, 0.3) is 0 Å². The van der Waals surface area contributed by atoms with Crippen molar-refractivity contribution in [1.29, 1.82) is 0 Å². The van der Waals surface area contributed by atoms with Crippen molar-refractivity contribution in [3.8, 4) is 0 Å². The number of nitrogens with zero attached hydrogens (tertiary/aromatic N) is 1. The van der Waals surface area contributed by atoms with Crippen LogP contribution in [0.2, 0.25) is 0 Å². The van der Waals surface area contributed by atoms with Crippen molar-refractivity contribution >= 4 is 39.2 Å². The SMILES string of the molecule is O=C(CBr)OC(=O)c1cscn1. The number of carbonyl (C=O) groups is 2. The first-order chi connectivity index (χ1) is 5.74.